The number of hydrogen-bond donors (Lipinski definition) is 2. The smallest absolute Gasteiger partial charge is 0.407 e. The minimum atomic E-state index is -3.98. The Labute approximate surface area is 153 Å². The predicted octanol–water partition coefficient (Wildman–Crippen LogP) is 4.69. The van der Waals surface area contributed by atoms with Gasteiger partial charge in [-0.3, -0.25) is 4.55 Å². The first-order valence-corrected chi connectivity index (χ1v) is 11.2. The lowest BCUT2D eigenvalue weighted by atomic mass is 9.99. The Morgan fingerprint density at radius 1 is 0.960 bits per heavy atom. The van der Waals surface area contributed by atoms with Crippen molar-refractivity contribution in [3.8, 4) is 0 Å². The fourth-order valence-electron chi connectivity index (χ4n) is 2.64. The number of amides is 1. The average Bonchev–Trinajstić information content (AvgIpc) is 2.48. The summed E-state index contributed by atoms with van der Waals surface area (Å²) in [5.74, 6) is -0.366. The first kappa shape index (κ1) is 24.2. The molecule has 2 N–H and O–H groups in total. The first-order valence-electron chi connectivity index (χ1n) is 9.58. The van der Waals surface area contributed by atoms with Crippen LogP contribution in [0, 0.1) is 0 Å². The molecule has 6 nitrogen and oxygen atoms in total. The molecule has 0 spiro atoms. The van der Waals surface area contributed by atoms with Crippen LogP contribution in [0.15, 0.2) is 0 Å². The molecule has 0 radical (unpaired) electrons. The topological polar surface area (TPSA) is 92.7 Å². The third-order valence-electron chi connectivity index (χ3n) is 4.10. The Morgan fingerprint density at radius 3 is 2.00 bits per heavy atom. The summed E-state index contributed by atoms with van der Waals surface area (Å²) in [6, 6.07) is 0. The molecule has 0 saturated heterocycles. The molecule has 0 aliphatic heterocycles. The fourth-order valence-corrected chi connectivity index (χ4v) is 3.15. The van der Waals surface area contributed by atoms with E-state index in [1.165, 1.54) is 44.9 Å². The minimum absolute atomic E-state index is 0.159. The normalized spacial score (nSPS) is 12.2. The van der Waals surface area contributed by atoms with Gasteiger partial charge in [0.25, 0.3) is 10.1 Å². The van der Waals surface area contributed by atoms with Crippen molar-refractivity contribution in [3.63, 3.8) is 0 Å². The van der Waals surface area contributed by atoms with Crippen LogP contribution in [0.3, 0.4) is 0 Å². The van der Waals surface area contributed by atoms with Crippen molar-refractivity contribution in [2.45, 2.75) is 97.0 Å². The number of ether oxygens (including phenoxy) is 1. The lowest BCUT2D eigenvalue weighted by Crippen LogP contribution is -2.35. The van der Waals surface area contributed by atoms with Crippen LogP contribution in [0.2, 0.25) is 0 Å². The highest BCUT2D eigenvalue weighted by molar-refractivity contribution is 7.85. The number of hydrogen-bond acceptors (Lipinski definition) is 4. The van der Waals surface area contributed by atoms with Gasteiger partial charge in [-0.25, -0.2) is 4.79 Å². The van der Waals surface area contributed by atoms with Crippen molar-refractivity contribution in [1.82, 2.24) is 5.32 Å². The van der Waals surface area contributed by atoms with Crippen molar-refractivity contribution >= 4 is 16.2 Å². The third kappa shape index (κ3) is 17.8. The van der Waals surface area contributed by atoms with Crippen LogP contribution in [0.4, 0.5) is 4.79 Å². The molecule has 0 aliphatic rings. The molecule has 0 rings (SSSR count). The van der Waals surface area contributed by atoms with Gasteiger partial charge in [-0.05, 0) is 33.1 Å². The summed E-state index contributed by atoms with van der Waals surface area (Å²) < 4.78 is 35.1. The Kier molecular flexibility index (Phi) is 13.0. The Bertz CT molecular complexity index is 448. The number of alkyl carbamates (subject to hydrolysis) is 1. The van der Waals surface area contributed by atoms with Gasteiger partial charge in [-0.1, -0.05) is 58.3 Å². The molecule has 0 heterocycles. The fraction of sp³-hybridized carbons (Fsp3) is 0.944. The summed E-state index contributed by atoms with van der Waals surface area (Å²) in [6.07, 6.45) is 11.7. The third-order valence-corrected chi connectivity index (χ3v) is 4.90. The van der Waals surface area contributed by atoms with Gasteiger partial charge in [-0.15, -0.1) is 0 Å². The van der Waals surface area contributed by atoms with Crippen molar-refractivity contribution < 1.29 is 22.5 Å². The Balaban J connectivity index is 3.67. The van der Waals surface area contributed by atoms with E-state index >= 15 is 0 Å². The van der Waals surface area contributed by atoms with Crippen molar-refractivity contribution in [3.05, 3.63) is 0 Å². The molecular weight excluding hydrogens is 342 g/mol. The summed E-state index contributed by atoms with van der Waals surface area (Å²) in [4.78, 5) is 11.7. The molecule has 0 aromatic rings. The minimum Gasteiger partial charge on any atom is -0.444 e. The molecule has 1 amide bonds. The second-order valence-corrected chi connectivity index (χ2v) is 8.87. The summed E-state index contributed by atoms with van der Waals surface area (Å²) in [7, 11) is -3.98. The lowest BCUT2D eigenvalue weighted by molar-refractivity contribution is 0.0309. The Morgan fingerprint density at radius 2 is 1.48 bits per heavy atom. The van der Waals surface area contributed by atoms with E-state index in [1.807, 2.05) is 13.8 Å². The molecule has 0 fully saturated rings. The average molecular weight is 380 g/mol. The number of carbonyl (C=O) groups excluding carboxylic acids is 1. The number of unbranched alkanes of at least 4 members (excludes halogenated alkanes) is 8. The van der Waals surface area contributed by atoms with E-state index in [4.69, 9.17) is 9.29 Å². The highest BCUT2D eigenvalue weighted by atomic mass is 32.2. The molecule has 0 aliphatic carbocycles. The van der Waals surface area contributed by atoms with Gasteiger partial charge in [0.1, 0.15) is 5.60 Å². The first-order chi connectivity index (χ1) is 11.7. The molecule has 0 aromatic carbocycles. The number of rotatable bonds is 15. The van der Waals surface area contributed by atoms with Crippen LogP contribution in [0.5, 0.6) is 0 Å². The SMILES string of the molecule is CCCCCCCCCCCC(C)(C)OC(=O)NCCCS(=O)(=O)O. The zero-order valence-electron chi connectivity index (χ0n) is 16.2. The molecule has 0 bridgehead atoms. The van der Waals surface area contributed by atoms with Crippen LogP contribution in [0.25, 0.3) is 0 Å². The van der Waals surface area contributed by atoms with E-state index in [0.29, 0.717) is 0 Å². The zero-order valence-corrected chi connectivity index (χ0v) is 17.0. The lowest BCUT2D eigenvalue weighted by Gasteiger charge is -2.25. The highest BCUT2D eigenvalue weighted by Crippen LogP contribution is 2.20. The van der Waals surface area contributed by atoms with Gasteiger partial charge in [0, 0.05) is 6.54 Å². The second kappa shape index (κ2) is 13.4. The predicted molar refractivity (Wildman–Crippen MR) is 101 cm³/mol. The van der Waals surface area contributed by atoms with Gasteiger partial charge < -0.3 is 10.1 Å². The highest BCUT2D eigenvalue weighted by Gasteiger charge is 2.22. The zero-order chi connectivity index (χ0) is 19.2. The van der Waals surface area contributed by atoms with Crippen LogP contribution in [-0.2, 0) is 14.9 Å². The standard InChI is InChI=1S/C18H37NO5S/c1-4-5-6-7-8-9-10-11-12-14-18(2,3)24-17(20)19-15-13-16-25(21,22)23/h4-16H2,1-3H3,(H,19,20)(H,21,22,23). The molecule has 25 heavy (non-hydrogen) atoms. The quantitative estimate of drug-likeness (QED) is 0.318. The molecule has 0 saturated carbocycles. The van der Waals surface area contributed by atoms with Crippen LogP contribution >= 0.6 is 0 Å². The molecule has 7 heteroatoms. The monoisotopic (exact) mass is 379 g/mol. The second-order valence-electron chi connectivity index (χ2n) is 7.29. The Hall–Kier alpha value is -0.820. The molecule has 0 unspecified atom stereocenters. The number of nitrogens with one attached hydrogen (secondary N) is 1. The van der Waals surface area contributed by atoms with E-state index in [-0.39, 0.29) is 18.7 Å². The summed E-state index contributed by atoms with van der Waals surface area (Å²) in [6.45, 7) is 6.15. The summed E-state index contributed by atoms with van der Waals surface area (Å²) >= 11 is 0. The van der Waals surface area contributed by atoms with Gasteiger partial charge in [-0.2, -0.15) is 8.42 Å². The maximum atomic E-state index is 11.7. The van der Waals surface area contributed by atoms with E-state index in [0.717, 1.165) is 19.3 Å². The van der Waals surface area contributed by atoms with Gasteiger partial charge in [0.05, 0.1) is 5.75 Å². The van der Waals surface area contributed by atoms with E-state index in [9.17, 15) is 13.2 Å². The maximum absolute atomic E-state index is 11.7. The van der Waals surface area contributed by atoms with Crippen LogP contribution in [-0.4, -0.2) is 37.0 Å². The maximum Gasteiger partial charge on any atom is 0.407 e. The van der Waals surface area contributed by atoms with Crippen molar-refractivity contribution in [2.75, 3.05) is 12.3 Å². The molecule has 0 aromatic heterocycles. The van der Waals surface area contributed by atoms with Gasteiger partial charge in [0.2, 0.25) is 0 Å². The van der Waals surface area contributed by atoms with Crippen LogP contribution in [0.1, 0.15) is 91.4 Å². The van der Waals surface area contributed by atoms with Crippen molar-refractivity contribution in [2.24, 2.45) is 0 Å². The number of carbonyl (C=O) groups is 1. The van der Waals surface area contributed by atoms with E-state index < -0.39 is 21.8 Å². The van der Waals surface area contributed by atoms with Gasteiger partial charge in [0.15, 0.2) is 0 Å². The van der Waals surface area contributed by atoms with E-state index in [1.54, 1.807) is 0 Å². The molecule has 0 atom stereocenters. The van der Waals surface area contributed by atoms with Crippen molar-refractivity contribution in [1.29, 1.82) is 0 Å². The summed E-state index contributed by atoms with van der Waals surface area (Å²) in [5, 5.41) is 2.51. The summed E-state index contributed by atoms with van der Waals surface area (Å²) in [5.41, 5.74) is -0.533. The molecular formula is C18H37NO5S. The van der Waals surface area contributed by atoms with E-state index in [2.05, 4.69) is 12.2 Å². The molecule has 150 valence electrons. The van der Waals surface area contributed by atoms with Gasteiger partial charge >= 0.3 is 6.09 Å². The largest absolute Gasteiger partial charge is 0.444 e. The van der Waals surface area contributed by atoms with Crippen LogP contribution < -0.4 is 5.32 Å².